The molecule has 136 valence electrons. The van der Waals surface area contributed by atoms with Gasteiger partial charge in [0.2, 0.25) is 0 Å². The molecule has 24 heavy (non-hydrogen) atoms. The molecule has 0 aromatic heterocycles. The molecule has 2 rings (SSSR count). The van der Waals surface area contributed by atoms with E-state index in [2.05, 4.69) is 31.1 Å². The summed E-state index contributed by atoms with van der Waals surface area (Å²) in [6, 6.07) is 5.09. The Kier molecular flexibility index (Phi) is 10.1. The number of hydrogen-bond donors (Lipinski definition) is 1. The van der Waals surface area contributed by atoms with Crippen molar-refractivity contribution in [3.05, 3.63) is 34.1 Å². The summed E-state index contributed by atoms with van der Waals surface area (Å²) in [5, 5.41) is 3.31. The van der Waals surface area contributed by atoms with Crippen LogP contribution in [0.3, 0.4) is 0 Å². The van der Waals surface area contributed by atoms with E-state index in [0.717, 1.165) is 49.7 Å². The molecule has 0 radical (unpaired) electrons. The lowest BCUT2D eigenvalue weighted by molar-refractivity contribution is 0.114. The summed E-state index contributed by atoms with van der Waals surface area (Å²) in [6.45, 7) is 8.67. The van der Waals surface area contributed by atoms with Gasteiger partial charge in [-0.25, -0.2) is 9.38 Å². The number of likely N-dealkylation sites (tertiary alicyclic amines) is 1. The largest absolute Gasteiger partial charge is 0.381 e. The van der Waals surface area contributed by atoms with Crippen molar-refractivity contribution in [2.75, 3.05) is 32.8 Å². The molecule has 1 fully saturated rings. The predicted octanol–water partition coefficient (Wildman–Crippen LogP) is 4.03. The van der Waals surface area contributed by atoms with E-state index in [0.29, 0.717) is 18.0 Å². The van der Waals surface area contributed by atoms with Gasteiger partial charge < -0.3 is 15.0 Å². The van der Waals surface area contributed by atoms with Crippen LogP contribution in [0.1, 0.15) is 25.8 Å². The van der Waals surface area contributed by atoms with E-state index in [1.54, 1.807) is 6.07 Å². The minimum absolute atomic E-state index is 0. The Morgan fingerprint density at radius 2 is 2.25 bits per heavy atom. The van der Waals surface area contributed by atoms with Crippen molar-refractivity contribution in [1.82, 2.24) is 10.2 Å². The number of nitrogens with one attached hydrogen (secondary N) is 1. The smallest absolute Gasteiger partial charge is 0.194 e. The van der Waals surface area contributed by atoms with Crippen molar-refractivity contribution in [3.63, 3.8) is 0 Å². The SMILES string of the molecule is CCNC(=NCc1ccc(Br)cc1F)N1CCC(COCC)C1.I. The fourth-order valence-electron chi connectivity index (χ4n) is 2.68. The number of nitrogens with zero attached hydrogens (tertiary/aromatic N) is 2. The molecule has 0 saturated carbocycles. The molecule has 1 aromatic rings. The number of hydrogen-bond acceptors (Lipinski definition) is 2. The van der Waals surface area contributed by atoms with Gasteiger partial charge in [-0.3, -0.25) is 0 Å². The van der Waals surface area contributed by atoms with Gasteiger partial charge >= 0.3 is 0 Å². The normalized spacial score (nSPS) is 17.8. The third-order valence-electron chi connectivity index (χ3n) is 3.89. The third kappa shape index (κ3) is 6.48. The minimum atomic E-state index is -0.227. The summed E-state index contributed by atoms with van der Waals surface area (Å²) < 4.78 is 20.2. The number of guanidine groups is 1. The summed E-state index contributed by atoms with van der Waals surface area (Å²) >= 11 is 3.27. The lowest BCUT2D eigenvalue weighted by Crippen LogP contribution is -2.40. The van der Waals surface area contributed by atoms with Gasteiger partial charge in [0, 0.05) is 42.2 Å². The Bertz CT molecular complexity index is 545. The Balaban J connectivity index is 0.00000288. The van der Waals surface area contributed by atoms with Crippen LogP contribution in [0.4, 0.5) is 4.39 Å². The summed E-state index contributed by atoms with van der Waals surface area (Å²) in [7, 11) is 0. The van der Waals surface area contributed by atoms with Crippen molar-refractivity contribution in [2.24, 2.45) is 10.9 Å². The van der Waals surface area contributed by atoms with Crippen LogP contribution in [-0.2, 0) is 11.3 Å². The van der Waals surface area contributed by atoms with E-state index in [9.17, 15) is 4.39 Å². The molecule has 1 atom stereocenters. The van der Waals surface area contributed by atoms with Crippen LogP contribution >= 0.6 is 39.9 Å². The Hall–Kier alpha value is -0.410. The predicted molar refractivity (Wildman–Crippen MR) is 111 cm³/mol. The van der Waals surface area contributed by atoms with Crippen LogP contribution in [0.2, 0.25) is 0 Å². The molecule has 1 unspecified atom stereocenters. The highest BCUT2D eigenvalue weighted by Gasteiger charge is 2.24. The third-order valence-corrected chi connectivity index (χ3v) is 4.39. The second-order valence-corrected chi connectivity index (χ2v) is 6.58. The zero-order valence-corrected chi connectivity index (χ0v) is 18.1. The van der Waals surface area contributed by atoms with Gasteiger partial charge in [0.15, 0.2) is 5.96 Å². The van der Waals surface area contributed by atoms with E-state index in [1.165, 1.54) is 6.07 Å². The van der Waals surface area contributed by atoms with Crippen LogP contribution in [0, 0.1) is 11.7 Å². The Morgan fingerprint density at radius 1 is 1.46 bits per heavy atom. The highest BCUT2D eigenvalue weighted by Crippen LogP contribution is 2.18. The maximum absolute atomic E-state index is 13.9. The number of ether oxygens (including phenoxy) is 1. The number of halogens is 3. The number of rotatable bonds is 6. The highest BCUT2D eigenvalue weighted by atomic mass is 127. The standard InChI is InChI=1S/C17H25BrFN3O.HI/c1-3-20-17(22-8-7-13(11-22)12-23-4-2)21-10-14-5-6-15(18)9-16(14)19;/h5-6,9,13H,3-4,7-8,10-12H2,1-2H3,(H,20,21);1H. The van der Waals surface area contributed by atoms with E-state index in [-0.39, 0.29) is 29.8 Å². The van der Waals surface area contributed by atoms with Gasteiger partial charge in [-0.1, -0.05) is 22.0 Å². The van der Waals surface area contributed by atoms with Crippen LogP contribution in [-0.4, -0.2) is 43.7 Å². The molecule has 1 N–H and O–H groups in total. The van der Waals surface area contributed by atoms with Crippen molar-refractivity contribution in [2.45, 2.75) is 26.8 Å². The zero-order valence-electron chi connectivity index (χ0n) is 14.2. The average Bonchev–Trinajstić information content (AvgIpc) is 2.99. The first-order valence-corrected chi connectivity index (χ1v) is 8.98. The quantitative estimate of drug-likeness (QED) is 0.354. The molecule has 0 bridgehead atoms. The molecule has 1 aromatic carbocycles. The topological polar surface area (TPSA) is 36.9 Å². The van der Waals surface area contributed by atoms with Gasteiger partial charge in [0.05, 0.1) is 13.2 Å². The average molecular weight is 514 g/mol. The molecular formula is C17H26BrFIN3O. The maximum Gasteiger partial charge on any atom is 0.194 e. The van der Waals surface area contributed by atoms with Crippen LogP contribution < -0.4 is 5.32 Å². The van der Waals surface area contributed by atoms with E-state index in [1.807, 2.05) is 19.9 Å². The number of benzene rings is 1. The summed E-state index contributed by atoms with van der Waals surface area (Å²) in [4.78, 5) is 6.85. The van der Waals surface area contributed by atoms with Crippen LogP contribution in [0.5, 0.6) is 0 Å². The first kappa shape index (κ1) is 21.6. The Morgan fingerprint density at radius 3 is 2.92 bits per heavy atom. The summed E-state index contributed by atoms with van der Waals surface area (Å²) in [6.07, 6.45) is 1.11. The fourth-order valence-corrected chi connectivity index (χ4v) is 3.01. The molecule has 1 aliphatic heterocycles. The molecular weight excluding hydrogens is 488 g/mol. The highest BCUT2D eigenvalue weighted by molar-refractivity contribution is 14.0. The van der Waals surface area contributed by atoms with Crippen molar-refractivity contribution < 1.29 is 9.13 Å². The van der Waals surface area contributed by atoms with Gasteiger partial charge in [0.25, 0.3) is 0 Å². The molecule has 0 spiro atoms. The molecule has 0 aliphatic carbocycles. The lowest BCUT2D eigenvalue weighted by atomic mass is 10.1. The molecule has 1 heterocycles. The second kappa shape index (κ2) is 11.3. The molecule has 0 amide bonds. The van der Waals surface area contributed by atoms with Gasteiger partial charge in [-0.05, 0) is 32.4 Å². The summed E-state index contributed by atoms with van der Waals surface area (Å²) in [5.41, 5.74) is 0.605. The fraction of sp³-hybridized carbons (Fsp3) is 0.588. The van der Waals surface area contributed by atoms with Crippen molar-refractivity contribution >= 4 is 45.9 Å². The van der Waals surface area contributed by atoms with E-state index >= 15 is 0 Å². The summed E-state index contributed by atoms with van der Waals surface area (Å²) in [5.74, 6) is 1.17. The van der Waals surface area contributed by atoms with Crippen LogP contribution in [0.25, 0.3) is 0 Å². The molecule has 7 heteroatoms. The first-order chi connectivity index (χ1) is 11.1. The van der Waals surface area contributed by atoms with Crippen molar-refractivity contribution in [3.8, 4) is 0 Å². The van der Waals surface area contributed by atoms with E-state index in [4.69, 9.17) is 4.74 Å². The van der Waals surface area contributed by atoms with Gasteiger partial charge in [0.1, 0.15) is 5.82 Å². The monoisotopic (exact) mass is 513 g/mol. The Labute approximate surface area is 169 Å². The van der Waals surface area contributed by atoms with Crippen molar-refractivity contribution in [1.29, 1.82) is 0 Å². The maximum atomic E-state index is 13.9. The number of aliphatic imine (C=N–C) groups is 1. The van der Waals surface area contributed by atoms with Gasteiger partial charge in [-0.15, -0.1) is 24.0 Å². The van der Waals surface area contributed by atoms with Gasteiger partial charge in [-0.2, -0.15) is 0 Å². The molecule has 1 aliphatic rings. The molecule has 4 nitrogen and oxygen atoms in total. The zero-order chi connectivity index (χ0) is 16.7. The van der Waals surface area contributed by atoms with E-state index < -0.39 is 0 Å². The minimum Gasteiger partial charge on any atom is -0.381 e. The van der Waals surface area contributed by atoms with Crippen LogP contribution in [0.15, 0.2) is 27.7 Å². The molecule has 1 saturated heterocycles. The second-order valence-electron chi connectivity index (χ2n) is 5.67. The first-order valence-electron chi connectivity index (χ1n) is 8.19. The lowest BCUT2D eigenvalue weighted by Gasteiger charge is -2.21.